The molecule has 0 radical (unpaired) electrons. The first-order valence-corrected chi connectivity index (χ1v) is 13.5. The number of imidazole rings is 1. The number of amides is 2. The van der Waals surface area contributed by atoms with Crippen molar-refractivity contribution in [2.75, 3.05) is 44.7 Å². The van der Waals surface area contributed by atoms with Crippen molar-refractivity contribution in [1.29, 1.82) is 0 Å². The Balaban J connectivity index is 1.51. The fourth-order valence-corrected chi connectivity index (χ4v) is 4.88. The lowest BCUT2D eigenvalue weighted by Crippen LogP contribution is -2.59. The number of nitrogens with zero attached hydrogens (tertiary/aromatic N) is 5. The van der Waals surface area contributed by atoms with Gasteiger partial charge in [0.05, 0.1) is 18.7 Å². The number of benzene rings is 2. The van der Waals surface area contributed by atoms with Gasteiger partial charge in [-0.3, -0.25) is 19.0 Å². The molecule has 1 fully saturated rings. The molecule has 2 aromatic heterocycles. The van der Waals surface area contributed by atoms with Crippen LogP contribution in [-0.4, -0.2) is 83.2 Å². The van der Waals surface area contributed by atoms with Crippen LogP contribution in [0.15, 0.2) is 54.9 Å². The number of hydrogen-bond donors (Lipinski definition) is 3. The van der Waals surface area contributed by atoms with Crippen LogP contribution in [0, 0.1) is 0 Å². The zero-order valence-corrected chi connectivity index (χ0v) is 23.4. The zero-order chi connectivity index (χ0) is 28.9. The SMILES string of the molecule is COC(=O)CNC(=O)CNC(=O)C1CNCCN1c1ncnc2c1nc(-c1ccccc1Cl)n2-c1ccc(Cl)cc1. The highest BCUT2D eigenvalue weighted by Crippen LogP contribution is 2.35. The fraction of sp³-hybridized carbons (Fsp3) is 0.259. The van der Waals surface area contributed by atoms with E-state index in [2.05, 4.69) is 30.7 Å². The van der Waals surface area contributed by atoms with Crippen molar-refractivity contribution >= 4 is 58.0 Å². The van der Waals surface area contributed by atoms with Crippen molar-refractivity contribution in [2.45, 2.75) is 6.04 Å². The van der Waals surface area contributed by atoms with Gasteiger partial charge in [0.25, 0.3) is 0 Å². The molecular weight excluding hydrogens is 571 g/mol. The van der Waals surface area contributed by atoms with E-state index in [9.17, 15) is 14.4 Å². The third-order valence-corrected chi connectivity index (χ3v) is 7.10. The molecule has 14 heteroatoms. The molecule has 1 unspecified atom stereocenters. The van der Waals surface area contributed by atoms with E-state index < -0.39 is 17.9 Å². The Morgan fingerprint density at radius 1 is 1.05 bits per heavy atom. The number of nitrogens with one attached hydrogen (secondary N) is 3. The summed E-state index contributed by atoms with van der Waals surface area (Å²) in [5, 5.41) is 9.35. The second kappa shape index (κ2) is 12.5. The van der Waals surface area contributed by atoms with Crippen LogP contribution in [-0.2, 0) is 19.1 Å². The van der Waals surface area contributed by atoms with Gasteiger partial charge < -0.3 is 25.6 Å². The number of fused-ring (bicyclic) bond motifs is 1. The smallest absolute Gasteiger partial charge is 0.325 e. The van der Waals surface area contributed by atoms with Crippen LogP contribution in [0.1, 0.15) is 0 Å². The van der Waals surface area contributed by atoms with Crippen LogP contribution in [0.25, 0.3) is 28.2 Å². The Morgan fingerprint density at radius 2 is 1.83 bits per heavy atom. The summed E-state index contributed by atoms with van der Waals surface area (Å²) in [4.78, 5) is 52.5. The molecule has 1 aliphatic heterocycles. The Hall–Kier alpha value is -4.26. The van der Waals surface area contributed by atoms with E-state index in [0.717, 1.165) is 5.69 Å². The second-order valence-corrected chi connectivity index (χ2v) is 9.92. The molecule has 3 heterocycles. The molecule has 1 aliphatic rings. The molecule has 12 nitrogen and oxygen atoms in total. The summed E-state index contributed by atoms with van der Waals surface area (Å²) >= 11 is 12.8. The third-order valence-electron chi connectivity index (χ3n) is 6.52. The lowest BCUT2D eigenvalue weighted by atomic mass is 10.1. The summed E-state index contributed by atoms with van der Waals surface area (Å²) in [7, 11) is 1.22. The minimum atomic E-state index is -0.695. The first-order chi connectivity index (χ1) is 19.9. The van der Waals surface area contributed by atoms with Crippen LogP contribution < -0.4 is 20.9 Å². The van der Waals surface area contributed by atoms with Gasteiger partial charge in [0.15, 0.2) is 17.0 Å². The Labute approximate surface area is 245 Å². The molecule has 212 valence electrons. The van der Waals surface area contributed by atoms with Gasteiger partial charge in [-0.05, 0) is 36.4 Å². The second-order valence-electron chi connectivity index (χ2n) is 9.08. The maximum Gasteiger partial charge on any atom is 0.325 e. The van der Waals surface area contributed by atoms with Gasteiger partial charge in [-0.1, -0.05) is 35.3 Å². The fourth-order valence-electron chi connectivity index (χ4n) is 4.53. The molecule has 0 bridgehead atoms. The van der Waals surface area contributed by atoms with Crippen LogP contribution in [0.5, 0.6) is 0 Å². The molecule has 2 amide bonds. The van der Waals surface area contributed by atoms with E-state index in [1.807, 2.05) is 39.8 Å². The third kappa shape index (κ3) is 6.09. The topological polar surface area (TPSA) is 143 Å². The number of hydrogen-bond acceptors (Lipinski definition) is 9. The van der Waals surface area contributed by atoms with Gasteiger partial charge >= 0.3 is 5.97 Å². The molecule has 4 aromatic rings. The van der Waals surface area contributed by atoms with Crippen molar-refractivity contribution < 1.29 is 19.1 Å². The largest absolute Gasteiger partial charge is 0.468 e. The van der Waals surface area contributed by atoms with Crippen molar-refractivity contribution in [3.63, 3.8) is 0 Å². The summed E-state index contributed by atoms with van der Waals surface area (Å²) < 4.78 is 6.38. The summed E-state index contributed by atoms with van der Waals surface area (Å²) in [6.07, 6.45) is 1.43. The van der Waals surface area contributed by atoms with E-state index in [4.69, 9.17) is 28.2 Å². The van der Waals surface area contributed by atoms with Crippen molar-refractivity contribution in [2.24, 2.45) is 0 Å². The van der Waals surface area contributed by atoms with Crippen LogP contribution in [0.4, 0.5) is 5.82 Å². The average molecular weight is 597 g/mol. The van der Waals surface area contributed by atoms with Gasteiger partial charge in [-0.25, -0.2) is 15.0 Å². The summed E-state index contributed by atoms with van der Waals surface area (Å²) in [6, 6.07) is 13.9. The molecule has 1 saturated heterocycles. The molecule has 0 saturated carbocycles. The number of esters is 1. The number of rotatable bonds is 8. The van der Waals surface area contributed by atoms with E-state index in [0.29, 0.717) is 58.0 Å². The molecule has 0 spiro atoms. The highest BCUT2D eigenvalue weighted by Gasteiger charge is 2.32. The van der Waals surface area contributed by atoms with E-state index in [1.165, 1.54) is 13.4 Å². The molecule has 2 aromatic carbocycles. The predicted octanol–water partition coefficient (Wildman–Crippen LogP) is 1.97. The first kappa shape index (κ1) is 28.3. The highest BCUT2D eigenvalue weighted by molar-refractivity contribution is 6.33. The van der Waals surface area contributed by atoms with Gasteiger partial charge in [0, 0.05) is 35.9 Å². The van der Waals surface area contributed by atoms with Crippen molar-refractivity contribution in [3.05, 3.63) is 64.9 Å². The lowest BCUT2D eigenvalue weighted by Gasteiger charge is -2.35. The van der Waals surface area contributed by atoms with E-state index >= 15 is 0 Å². The maximum atomic E-state index is 13.2. The normalized spacial score (nSPS) is 15.0. The van der Waals surface area contributed by atoms with Crippen LogP contribution in [0.3, 0.4) is 0 Å². The van der Waals surface area contributed by atoms with E-state index in [1.54, 1.807) is 18.2 Å². The number of anilines is 1. The van der Waals surface area contributed by atoms with Gasteiger partial charge in [0.1, 0.15) is 24.7 Å². The average Bonchev–Trinajstić information content (AvgIpc) is 3.38. The number of halogens is 2. The van der Waals surface area contributed by atoms with Crippen molar-refractivity contribution in [3.8, 4) is 17.1 Å². The number of aromatic nitrogens is 4. The monoisotopic (exact) mass is 596 g/mol. The minimum absolute atomic E-state index is 0.286. The van der Waals surface area contributed by atoms with Crippen molar-refractivity contribution in [1.82, 2.24) is 35.5 Å². The standard InChI is InChI=1S/C27H26Cl2N8O4/c1-41-22(39)14-31-21(38)13-32-27(40)20-12-30-10-11-36(20)25-23-26(34-15-33-25)37(17-8-6-16(28)7-9-17)24(35-23)18-4-2-3-5-19(18)29/h2-9,15,20,30H,10-14H2,1H3,(H,31,38)(H,32,40). The zero-order valence-electron chi connectivity index (χ0n) is 21.9. The lowest BCUT2D eigenvalue weighted by molar-refractivity contribution is -0.141. The van der Waals surface area contributed by atoms with Crippen LogP contribution >= 0.6 is 23.2 Å². The molecule has 1 atom stereocenters. The summed E-state index contributed by atoms with van der Waals surface area (Å²) in [5.74, 6) is -0.481. The van der Waals surface area contributed by atoms with E-state index in [-0.39, 0.29) is 19.0 Å². The van der Waals surface area contributed by atoms with Gasteiger partial charge in [-0.2, -0.15) is 0 Å². The highest BCUT2D eigenvalue weighted by atomic mass is 35.5. The molecule has 5 rings (SSSR count). The minimum Gasteiger partial charge on any atom is -0.468 e. The maximum absolute atomic E-state index is 13.2. The Morgan fingerprint density at radius 3 is 2.59 bits per heavy atom. The van der Waals surface area contributed by atoms with Crippen LogP contribution in [0.2, 0.25) is 10.0 Å². The van der Waals surface area contributed by atoms with Gasteiger partial charge in [0.2, 0.25) is 11.8 Å². The first-order valence-electron chi connectivity index (χ1n) is 12.7. The number of methoxy groups -OCH3 is 1. The Bertz CT molecular complexity index is 1590. The summed E-state index contributed by atoms with van der Waals surface area (Å²) in [5.41, 5.74) is 2.46. The predicted molar refractivity (Wildman–Crippen MR) is 154 cm³/mol. The number of ether oxygens (including phenoxy) is 1. The summed E-state index contributed by atoms with van der Waals surface area (Å²) in [6.45, 7) is 0.779. The molecular formula is C27H26Cl2N8O4. The molecule has 3 N–H and O–H groups in total. The number of carbonyl (C=O) groups is 3. The molecule has 0 aliphatic carbocycles. The quantitative estimate of drug-likeness (QED) is 0.260. The Kier molecular flexibility index (Phi) is 8.62. The molecule has 41 heavy (non-hydrogen) atoms. The van der Waals surface area contributed by atoms with Gasteiger partial charge in [-0.15, -0.1) is 0 Å². The number of piperazine rings is 1. The number of carbonyl (C=O) groups excluding carboxylic acids is 3.